The number of carbonyl (C=O) groups is 1. The summed E-state index contributed by atoms with van der Waals surface area (Å²) in [6.07, 6.45) is 0. The molecule has 3 aromatic rings. The van der Waals surface area contributed by atoms with Crippen LogP contribution in [0.25, 0.3) is 0 Å². The van der Waals surface area contributed by atoms with Crippen molar-refractivity contribution >= 4 is 37.3 Å². The highest BCUT2D eigenvalue weighted by molar-refractivity contribution is 7.92. The Labute approximate surface area is 200 Å². The molecule has 10 heteroatoms. The average Bonchev–Trinajstić information content (AvgIpc) is 2.72. The highest BCUT2D eigenvalue weighted by Gasteiger charge is 2.23. The van der Waals surface area contributed by atoms with Gasteiger partial charge in [0.05, 0.1) is 21.0 Å². The molecule has 0 aliphatic rings. The number of nitrogens with zero attached hydrogens (tertiary/aromatic N) is 1. The van der Waals surface area contributed by atoms with Crippen LogP contribution >= 0.6 is 0 Å². The van der Waals surface area contributed by atoms with E-state index < -0.39 is 26.0 Å². The van der Waals surface area contributed by atoms with Gasteiger partial charge >= 0.3 is 0 Å². The summed E-state index contributed by atoms with van der Waals surface area (Å²) in [7, 11) is -4.82. The lowest BCUT2D eigenvalue weighted by Crippen LogP contribution is -2.22. The number of amides is 1. The number of anilines is 2. The lowest BCUT2D eigenvalue weighted by Gasteiger charge is -2.16. The molecule has 0 saturated heterocycles. The summed E-state index contributed by atoms with van der Waals surface area (Å²) in [5.74, 6) is -0.588. The van der Waals surface area contributed by atoms with Crippen molar-refractivity contribution in [1.29, 1.82) is 0 Å². The van der Waals surface area contributed by atoms with Crippen molar-refractivity contribution in [2.75, 3.05) is 24.1 Å². The minimum atomic E-state index is -3.97. The summed E-state index contributed by atoms with van der Waals surface area (Å²) >= 11 is 0. The van der Waals surface area contributed by atoms with E-state index in [1.807, 2.05) is 6.92 Å². The first-order valence-electron chi connectivity index (χ1n) is 10.4. The first-order valence-corrected chi connectivity index (χ1v) is 13.3. The van der Waals surface area contributed by atoms with E-state index in [-0.39, 0.29) is 26.7 Å². The van der Waals surface area contributed by atoms with E-state index in [9.17, 15) is 21.6 Å². The summed E-state index contributed by atoms with van der Waals surface area (Å²) in [5, 5.41) is 2.65. The molecule has 0 aromatic heterocycles. The highest BCUT2D eigenvalue weighted by Crippen LogP contribution is 2.27. The molecule has 1 amide bonds. The van der Waals surface area contributed by atoms with Crippen LogP contribution in [0.4, 0.5) is 11.4 Å². The summed E-state index contributed by atoms with van der Waals surface area (Å²) in [6, 6.07) is 15.6. The smallest absolute Gasteiger partial charge is 0.262 e. The molecular formula is C24H27N3O5S2. The summed E-state index contributed by atoms with van der Waals surface area (Å²) in [4.78, 5) is 13.2. The Morgan fingerprint density at radius 2 is 1.44 bits per heavy atom. The number of hydrogen-bond acceptors (Lipinski definition) is 5. The zero-order valence-electron chi connectivity index (χ0n) is 19.6. The van der Waals surface area contributed by atoms with Gasteiger partial charge in [0.2, 0.25) is 10.0 Å². The van der Waals surface area contributed by atoms with Gasteiger partial charge in [0.1, 0.15) is 0 Å². The fourth-order valence-electron chi connectivity index (χ4n) is 3.70. The number of para-hydroxylation sites is 1. The predicted molar refractivity (Wildman–Crippen MR) is 133 cm³/mol. The third-order valence-electron chi connectivity index (χ3n) is 5.16. The normalized spacial score (nSPS) is 11.9. The number of rotatable bonds is 7. The predicted octanol–water partition coefficient (Wildman–Crippen LogP) is 3.92. The van der Waals surface area contributed by atoms with E-state index >= 15 is 0 Å². The summed E-state index contributed by atoms with van der Waals surface area (Å²) in [6.45, 7) is 5.34. The average molecular weight is 502 g/mol. The van der Waals surface area contributed by atoms with Crippen LogP contribution in [-0.4, -0.2) is 41.1 Å². The zero-order valence-corrected chi connectivity index (χ0v) is 21.2. The van der Waals surface area contributed by atoms with Crippen molar-refractivity contribution in [3.8, 4) is 0 Å². The number of hydrogen-bond donors (Lipinski definition) is 2. The maximum absolute atomic E-state index is 13.2. The third-order valence-corrected chi connectivity index (χ3v) is 8.64. The minimum Gasteiger partial charge on any atom is -0.322 e. The molecular weight excluding hydrogens is 474 g/mol. The number of nitrogens with one attached hydrogen (secondary N) is 2. The van der Waals surface area contributed by atoms with Gasteiger partial charge in [-0.15, -0.1) is 0 Å². The molecule has 0 spiro atoms. The van der Waals surface area contributed by atoms with Crippen molar-refractivity contribution in [3.05, 3.63) is 82.9 Å². The Morgan fingerprint density at radius 3 is 2.06 bits per heavy atom. The van der Waals surface area contributed by atoms with Crippen LogP contribution in [0.15, 0.2) is 70.5 Å². The zero-order chi connectivity index (χ0) is 25.3. The van der Waals surface area contributed by atoms with Gasteiger partial charge in [0, 0.05) is 19.8 Å². The lowest BCUT2D eigenvalue weighted by atomic mass is 10.1. The Kier molecular flexibility index (Phi) is 7.15. The Hall–Kier alpha value is -3.21. The minimum absolute atomic E-state index is 0.0228. The van der Waals surface area contributed by atoms with E-state index in [1.165, 1.54) is 44.4 Å². The molecule has 0 aliphatic heterocycles. The molecule has 34 heavy (non-hydrogen) atoms. The number of aryl methyl sites for hydroxylation is 3. The quantitative estimate of drug-likeness (QED) is 0.510. The van der Waals surface area contributed by atoms with Gasteiger partial charge in [-0.3, -0.25) is 9.52 Å². The molecule has 0 bridgehead atoms. The second-order valence-corrected chi connectivity index (χ2v) is 11.9. The van der Waals surface area contributed by atoms with Crippen molar-refractivity contribution in [2.45, 2.75) is 30.6 Å². The molecule has 3 rings (SSSR count). The van der Waals surface area contributed by atoms with Gasteiger partial charge in [-0.1, -0.05) is 35.9 Å². The number of sulfonamides is 2. The van der Waals surface area contributed by atoms with Gasteiger partial charge in [-0.25, -0.2) is 21.1 Å². The molecule has 3 aromatic carbocycles. The van der Waals surface area contributed by atoms with E-state index in [0.717, 1.165) is 9.87 Å². The molecule has 0 aliphatic carbocycles. The highest BCUT2D eigenvalue weighted by atomic mass is 32.2. The molecule has 180 valence electrons. The van der Waals surface area contributed by atoms with Crippen LogP contribution in [-0.2, 0) is 20.0 Å². The standard InChI is InChI=1S/C24H27N3O5S2/c1-16-13-17(2)23(18(3)14-16)33(29,30)26-22-12-7-6-11-21(22)24(28)25-19-9-8-10-20(15-19)34(31,32)27(4)5/h6-15,26H,1-5H3,(H,25,28). The molecule has 8 nitrogen and oxygen atoms in total. The Bertz CT molecular complexity index is 1440. The van der Waals surface area contributed by atoms with Crippen LogP contribution in [0.3, 0.4) is 0 Å². The molecule has 0 unspecified atom stereocenters. The molecule has 0 radical (unpaired) electrons. The molecule has 2 N–H and O–H groups in total. The van der Waals surface area contributed by atoms with Crippen molar-refractivity contribution in [2.24, 2.45) is 0 Å². The van der Waals surface area contributed by atoms with Gasteiger partial charge < -0.3 is 5.32 Å². The van der Waals surface area contributed by atoms with E-state index in [2.05, 4.69) is 10.0 Å². The van der Waals surface area contributed by atoms with Crippen LogP contribution < -0.4 is 10.0 Å². The molecule has 0 fully saturated rings. The van der Waals surface area contributed by atoms with E-state index in [4.69, 9.17) is 0 Å². The van der Waals surface area contributed by atoms with E-state index in [0.29, 0.717) is 11.1 Å². The lowest BCUT2D eigenvalue weighted by molar-refractivity contribution is 0.102. The van der Waals surface area contributed by atoms with Gasteiger partial charge in [0.25, 0.3) is 15.9 Å². The summed E-state index contributed by atoms with van der Waals surface area (Å²) in [5.41, 5.74) is 2.62. The maximum Gasteiger partial charge on any atom is 0.262 e. The molecule has 0 atom stereocenters. The summed E-state index contributed by atoms with van der Waals surface area (Å²) < 4.78 is 54.8. The maximum atomic E-state index is 13.2. The van der Waals surface area contributed by atoms with Crippen LogP contribution in [0.1, 0.15) is 27.0 Å². The van der Waals surface area contributed by atoms with Crippen LogP contribution in [0.5, 0.6) is 0 Å². The molecule has 0 saturated carbocycles. The SMILES string of the molecule is Cc1cc(C)c(S(=O)(=O)Nc2ccccc2C(=O)Nc2cccc(S(=O)(=O)N(C)C)c2)c(C)c1. The van der Waals surface area contributed by atoms with Crippen molar-refractivity contribution < 1.29 is 21.6 Å². The third kappa shape index (κ3) is 5.30. The van der Waals surface area contributed by atoms with Gasteiger partial charge in [0.15, 0.2) is 0 Å². The fourth-order valence-corrected chi connectivity index (χ4v) is 6.18. The number of carbonyl (C=O) groups excluding carboxylic acids is 1. The second-order valence-electron chi connectivity index (χ2n) is 8.15. The first kappa shape index (κ1) is 25.4. The first-order chi connectivity index (χ1) is 15.8. The van der Waals surface area contributed by atoms with Gasteiger partial charge in [-0.05, 0) is 62.2 Å². The van der Waals surface area contributed by atoms with Gasteiger partial charge in [-0.2, -0.15) is 0 Å². The van der Waals surface area contributed by atoms with Crippen LogP contribution in [0.2, 0.25) is 0 Å². The van der Waals surface area contributed by atoms with Crippen molar-refractivity contribution in [1.82, 2.24) is 4.31 Å². The fraction of sp³-hybridized carbons (Fsp3) is 0.208. The Morgan fingerprint density at radius 1 is 0.824 bits per heavy atom. The van der Waals surface area contributed by atoms with Crippen LogP contribution in [0, 0.1) is 20.8 Å². The largest absolute Gasteiger partial charge is 0.322 e. The van der Waals surface area contributed by atoms with Crippen molar-refractivity contribution in [3.63, 3.8) is 0 Å². The van der Waals surface area contributed by atoms with E-state index in [1.54, 1.807) is 44.2 Å². The second kappa shape index (κ2) is 9.57. The molecule has 0 heterocycles. The monoisotopic (exact) mass is 501 g/mol. The number of benzene rings is 3. The topological polar surface area (TPSA) is 113 Å². The Balaban J connectivity index is 1.93.